The van der Waals surface area contributed by atoms with Crippen LogP contribution in [0.5, 0.6) is 0 Å². The topological polar surface area (TPSA) is 64.6 Å². The molecule has 5 heteroatoms. The van der Waals surface area contributed by atoms with Gasteiger partial charge in [-0.1, -0.05) is 0 Å². The molecular formula is C18H31NO4. The average molecular weight is 325 g/mol. The second-order valence-corrected chi connectivity index (χ2v) is 8.36. The van der Waals surface area contributed by atoms with Crippen LogP contribution in [0.25, 0.3) is 0 Å². The van der Waals surface area contributed by atoms with Crippen molar-refractivity contribution in [3.05, 3.63) is 0 Å². The molecule has 0 radical (unpaired) electrons. The van der Waals surface area contributed by atoms with Crippen LogP contribution in [-0.2, 0) is 19.1 Å². The van der Waals surface area contributed by atoms with Crippen LogP contribution in [-0.4, -0.2) is 36.7 Å². The standard InChI is InChI=1S/C18H31NO4/c1-17(2)10-14(18(3,4)19-17)16(21)23-11-12-6-8-13(9-7-12)15(20)22-5/h12-14,19H,6-11H2,1-5H3. The van der Waals surface area contributed by atoms with Crippen LogP contribution in [0.1, 0.15) is 59.8 Å². The number of rotatable bonds is 4. The molecular weight excluding hydrogens is 294 g/mol. The van der Waals surface area contributed by atoms with E-state index < -0.39 is 0 Å². The molecule has 0 aromatic carbocycles. The number of esters is 2. The molecule has 1 heterocycles. The summed E-state index contributed by atoms with van der Waals surface area (Å²) in [7, 11) is 1.44. The first-order valence-electron chi connectivity index (χ1n) is 8.68. The SMILES string of the molecule is COC(=O)C1CCC(COC(=O)C2CC(C)(C)NC2(C)C)CC1. The lowest BCUT2D eigenvalue weighted by molar-refractivity contribution is -0.153. The zero-order valence-corrected chi connectivity index (χ0v) is 15.1. The van der Waals surface area contributed by atoms with Gasteiger partial charge < -0.3 is 14.8 Å². The Labute approximate surface area is 139 Å². The highest BCUT2D eigenvalue weighted by Gasteiger charge is 2.48. The van der Waals surface area contributed by atoms with Crippen molar-refractivity contribution in [1.82, 2.24) is 5.32 Å². The number of carbonyl (C=O) groups excluding carboxylic acids is 2. The summed E-state index contributed by atoms with van der Waals surface area (Å²) in [4.78, 5) is 24.0. The van der Waals surface area contributed by atoms with Crippen LogP contribution in [0.3, 0.4) is 0 Å². The van der Waals surface area contributed by atoms with Gasteiger partial charge in [0.25, 0.3) is 0 Å². The molecule has 2 fully saturated rings. The summed E-state index contributed by atoms with van der Waals surface area (Å²) in [5.74, 6) is 0.0737. The van der Waals surface area contributed by atoms with E-state index in [2.05, 4.69) is 33.0 Å². The molecule has 1 unspecified atom stereocenters. The van der Waals surface area contributed by atoms with Gasteiger partial charge in [0.05, 0.1) is 25.6 Å². The first kappa shape index (κ1) is 18.2. The van der Waals surface area contributed by atoms with E-state index in [4.69, 9.17) is 9.47 Å². The number of hydrogen-bond donors (Lipinski definition) is 1. The Bertz CT molecular complexity index is 450. The van der Waals surface area contributed by atoms with Gasteiger partial charge in [-0.25, -0.2) is 0 Å². The van der Waals surface area contributed by atoms with Crippen LogP contribution >= 0.6 is 0 Å². The molecule has 0 spiro atoms. The van der Waals surface area contributed by atoms with Gasteiger partial charge in [0, 0.05) is 11.1 Å². The smallest absolute Gasteiger partial charge is 0.310 e. The molecule has 2 aliphatic rings. The largest absolute Gasteiger partial charge is 0.469 e. The van der Waals surface area contributed by atoms with Gasteiger partial charge in [0.15, 0.2) is 0 Å². The van der Waals surface area contributed by atoms with Gasteiger partial charge in [-0.15, -0.1) is 0 Å². The second-order valence-electron chi connectivity index (χ2n) is 8.36. The molecule has 0 amide bonds. The van der Waals surface area contributed by atoms with E-state index >= 15 is 0 Å². The Morgan fingerprint density at radius 1 is 1.04 bits per heavy atom. The number of ether oxygens (including phenoxy) is 2. The third kappa shape index (κ3) is 4.46. The van der Waals surface area contributed by atoms with Crippen molar-refractivity contribution in [2.75, 3.05) is 13.7 Å². The molecule has 1 saturated carbocycles. The number of carbonyl (C=O) groups is 2. The molecule has 1 N–H and O–H groups in total. The fourth-order valence-corrected chi connectivity index (χ4v) is 4.19. The van der Waals surface area contributed by atoms with Crippen molar-refractivity contribution < 1.29 is 19.1 Å². The lowest BCUT2D eigenvalue weighted by Gasteiger charge is -2.29. The van der Waals surface area contributed by atoms with E-state index in [-0.39, 0.29) is 34.9 Å². The molecule has 5 nitrogen and oxygen atoms in total. The molecule has 0 aromatic rings. The lowest BCUT2D eigenvalue weighted by atomic mass is 9.82. The molecule has 1 saturated heterocycles. The first-order valence-corrected chi connectivity index (χ1v) is 8.68. The van der Waals surface area contributed by atoms with Crippen molar-refractivity contribution in [1.29, 1.82) is 0 Å². The Kier molecular flexibility index (Phi) is 5.39. The van der Waals surface area contributed by atoms with Gasteiger partial charge >= 0.3 is 11.9 Å². The minimum atomic E-state index is -0.233. The van der Waals surface area contributed by atoms with Crippen LogP contribution in [0.4, 0.5) is 0 Å². The van der Waals surface area contributed by atoms with Crippen molar-refractivity contribution >= 4 is 11.9 Å². The molecule has 1 aliphatic heterocycles. The van der Waals surface area contributed by atoms with Crippen molar-refractivity contribution in [2.45, 2.75) is 70.9 Å². The first-order chi connectivity index (χ1) is 10.6. The summed E-state index contributed by atoms with van der Waals surface area (Å²) in [6, 6.07) is 0. The molecule has 2 rings (SSSR count). The third-order valence-corrected chi connectivity index (χ3v) is 5.37. The van der Waals surface area contributed by atoms with Crippen LogP contribution in [0, 0.1) is 17.8 Å². The molecule has 1 aliphatic carbocycles. The maximum Gasteiger partial charge on any atom is 0.310 e. The van der Waals surface area contributed by atoms with Crippen molar-refractivity contribution in [2.24, 2.45) is 17.8 Å². The second kappa shape index (κ2) is 6.80. The van der Waals surface area contributed by atoms with Gasteiger partial charge in [0.1, 0.15) is 0 Å². The minimum Gasteiger partial charge on any atom is -0.469 e. The van der Waals surface area contributed by atoms with Gasteiger partial charge in [-0.05, 0) is 65.7 Å². The Morgan fingerprint density at radius 2 is 1.65 bits per heavy atom. The lowest BCUT2D eigenvalue weighted by Crippen LogP contribution is -2.46. The Hall–Kier alpha value is -1.10. The van der Waals surface area contributed by atoms with E-state index in [1.165, 1.54) is 7.11 Å². The van der Waals surface area contributed by atoms with Gasteiger partial charge in [-0.3, -0.25) is 9.59 Å². The zero-order chi connectivity index (χ0) is 17.3. The fourth-order valence-electron chi connectivity index (χ4n) is 4.19. The summed E-state index contributed by atoms with van der Waals surface area (Å²) in [6.07, 6.45) is 4.31. The molecule has 132 valence electrons. The van der Waals surface area contributed by atoms with E-state index in [0.717, 1.165) is 32.1 Å². The van der Waals surface area contributed by atoms with E-state index in [1.807, 2.05) is 0 Å². The quantitative estimate of drug-likeness (QED) is 0.805. The fraction of sp³-hybridized carbons (Fsp3) is 0.889. The maximum absolute atomic E-state index is 12.5. The highest BCUT2D eigenvalue weighted by Crippen LogP contribution is 2.37. The highest BCUT2D eigenvalue weighted by molar-refractivity contribution is 5.75. The summed E-state index contributed by atoms with van der Waals surface area (Å²) in [6.45, 7) is 8.84. The average Bonchev–Trinajstić information content (AvgIpc) is 2.72. The number of nitrogens with one attached hydrogen (secondary N) is 1. The Balaban J connectivity index is 1.79. The molecule has 0 bridgehead atoms. The number of hydrogen-bond acceptors (Lipinski definition) is 5. The maximum atomic E-state index is 12.5. The predicted molar refractivity (Wildman–Crippen MR) is 87.8 cm³/mol. The monoisotopic (exact) mass is 325 g/mol. The minimum absolute atomic E-state index is 0.0192. The van der Waals surface area contributed by atoms with Crippen LogP contribution < -0.4 is 5.32 Å². The summed E-state index contributed by atoms with van der Waals surface area (Å²) in [5, 5.41) is 3.51. The summed E-state index contributed by atoms with van der Waals surface area (Å²) >= 11 is 0. The third-order valence-electron chi connectivity index (χ3n) is 5.37. The molecule has 1 atom stereocenters. The van der Waals surface area contributed by atoms with E-state index in [0.29, 0.717) is 12.5 Å². The van der Waals surface area contributed by atoms with E-state index in [1.54, 1.807) is 0 Å². The summed E-state index contributed by atoms with van der Waals surface area (Å²) in [5.41, 5.74) is -0.269. The normalized spacial score (nSPS) is 32.3. The highest BCUT2D eigenvalue weighted by atomic mass is 16.5. The van der Waals surface area contributed by atoms with Gasteiger partial charge in [0.2, 0.25) is 0 Å². The predicted octanol–water partition coefficient (Wildman–Crippen LogP) is 2.68. The van der Waals surface area contributed by atoms with Crippen molar-refractivity contribution in [3.63, 3.8) is 0 Å². The Morgan fingerprint density at radius 3 is 2.13 bits per heavy atom. The summed E-state index contributed by atoms with van der Waals surface area (Å²) < 4.78 is 10.4. The van der Waals surface area contributed by atoms with Gasteiger partial charge in [-0.2, -0.15) is 0 Å². The molecule has 0 aromatic heterocycles. The van der Waals surface area contributed by atoms with E-state index in [9.17, 15) is 9.59 Å². The van der Waals surface area contributed by atoms with Crippen LogP contribution in [0.15, 0.2) is 0 Å². The van der Waals surface area contributed by atoms with Crippen molar-refractivity contribution in [3.8, 4) is 0 Å². The molecule has 23 heavy (non-hydrogen) atoms. The number of methoxy groups -OCH3 is 1. The van der Waals surface area contributed by atoms with Crippen LogP contribution in [0.2, 0.25) is 0 Å². The zero-order valence-electron chi connectivity index (χ0n) is 15.1.